The zero-order valence-electron chi connectivity index (χ0n) is 12.8. The Kier molecular flexibility index (Phi) is 5.52. The summed E-state index contributed by atoms with van der Waals surface area (Å²) >= 11 is 6.66. The molecule has 1 unspecified atom stereocenters. The van der Waals surface area contributed by atoms with E-state index in [1.54, 1.807) is 0 Å². The van der Waals surface area contributed by atoms with Crippen molar-refractivity contribution >= 4 is 45.5 Å². The van der Waals surface area contributed by atoms with Crippen LogP contribution in [0, 0.1) is 5.92 Å². The Morgan fingerprint density at radius 2 is 2.18 bits per heavy atom. The van der Waals surface area contributed by atoms with Crippen molar-refractivity contribution in [2.24, 2.45) is 11.7 Å². The molecule has 0 spiro atoms. The van der Waals surface area contributed by atoms with Gasteiger partial charge in [-0.05, 0) is 49.4 Å². The van der Waals surface area contributed by atoms with Crippen LogP contribution in [-0.4, -0.2) is 16.9 Å². The molecule has 1 aromatic heterocycles. The van der Waals surface area contributed by atoms with Crippen molar-refractivity contribution < 1.29 is 9.59 Å². The van der Waals surface area contributed by atoms with Crippen LogP contribution in [0.4, 0.5) is 5.00 Å². The van der Waals surface area contributed by atoms with Gasteiger partial charge in [-0.1, -0.05) is 13.8 Å². The summed E-state index contributed by atoms with van der Waals surface area (Å²) in [5, 5.41) is 6.45. The molecule has 2 rings (SSSR count). The molecule has 1 aliphatic carbocycles. The molecule has 0 aliphatic heterocycles. The number of amides is 2. The number of nitrogens with two attached hydrogens (primary N) is 1. The minimum atomic E-state index is -0.447. The maximum Gasteiger partial charge on any atom is 0.251 e. The van der Waals surface area contributed by atoms with E-state index < -0.39 is 5.91 Å². The molecule has 0 bridgehead atoms. The molecule has 2 amide bonds. The third-order valence-electron chi connectivity index (χ3n) is 3.72. The van der Waals surface area contributed by atoms with E-state index in [4.69, 9.17) is 18.0 Å². The van der Waals surface area contributed by atoms with Gasteiger partial charge in [-0.15, -0.1) is 11.3 Å². The first-order valence-electron chi connectivity index (χ1n) is 7.47. The average Bonchev–Trinajstić information content (AvgIpc) is 2.75. The van der Waals surface area contributed by atoms with Crippen molar-refractivity contribution in [2.75, 3.05) is 5.32 Å². The van der Waals surface area contributed by atoms with Gasteiger partial charge in [0.15, 0.2) is 5.11 Å². The van der Waals surface area contributed by atoms with Gasteiger partial charge in [0.25, 0.3) is 5.91 Å². The number of carbonyl (C=O) groups is 2. The number of rotatable bonds is 4. The van der Waals surface area contributed by atoms with E-state index >= 15 is 0 Å². The standard InChI is InChI=1S/C15H21N3O2S2/c1-3-4-11(19)17-15(21)18-14-12(13(16)20)9-6-5-8(2)7-10(9)22-14/h8H,3-7H2,1-2H3,(H2,16,20)(H2,17,18,19,21). The van der Waals surface area contributed by atoms with E-state index in [0.29, 0.717) is 22.9 Å². The summed E-state index contributed by atoms with van der Waals surface area (Å²) in [5.41, 5.74) is 7.11. The first kappa shape index (κ1) is 16.9. The smallest absolute Gasteiger partial charge is 0.251 e. The van der Waals surface area contributed by atoms with Crippen LogP contribution in [0.2, 0.25) is 0 Å². The first-order valence-corrected chi connectivity index (χ1v) is 8.70. The fourth-order valence-electron chi connectivity index (χ4n) is 2.65. The molecule has 0 saturated carbocycles. The lowest BCUT2D eigenvalue weighted by Crippen LogP contribution is -2.34. The van der Waals surface area contributed by atoms with Crippen LogP contribution in [0.25, 0.3) is 0 Å². The summed E-state index contributed by atoms with van der Waals surface area (Å²) in [5.74, 6) is 0.0312. The number of carbonyl (C=O) groups excluding carboxylic acids is 2. The number of hydrogen-bond acceptors (Lipinski definition) is 4. The quantitative estimate of drug-likeness (QED) is 0.736. The van der Waals surface area contributed by atoms with Crippen LogP contribution in [0.5, 0.6) is 0 Å². The SMILES string of the molecule is CCCC(=O)NC(=S)Nc1sc2c(c1C(N)=O)CCC(C)C2. The van der Waals surface area contributed by atoms with E-state index in [1.165, 1.54) is 16.2 Å². The Labute approximate surface area is 139 Å². The Bertz CT molecular complexity index is 610. The molecule has 120 valence electrons. The number of thiocarbonyl (C=S) groups is 1. The second-order valence-corrected chi connectivity index (χ2v) is 7.19. The zero-order valence-corrected chi connectivity index (χ0v) is 14.5. The number of thiophene rings is 1. The lowest BCUT2D eigenvalue weighted by atomic mass is 9.88. The maximum absolute atomic E-state index is 11.8. The van der Waals surface area contributed by atoms with Crippen LogP contribution in [0.15, 0.2) is 0 Å². The van der Waals surface area contributed by atoms with E-state index in [1.807, 2.05) is 6.92 Å². The summed E-state index contributed by atoms with van der Waals surface area (Å²) in [7, 11) is 0. The van der Waals surface area contributed by atoms with Crippen LogP contribution >= 0.6 is 23.6 Å². The van der Waals surface area contributed by atoms with Crippen molar-refractivity contribution in [1.29, 1.82) is 0 Å². The minimum absolute atomic E-state index is 0.129. The predicted molar refractivity (Wildman–Crippen MR) is 93.3 cm³/mol. The number of nitrogens with one attached hydrogen (secondary N) is 2. The largest absolute Gasteiger partial charge is 0.365 e. The molecular formula is C15H21N3O2S2. The topological polar surface area (TPSA) is 84.2 Å². The van der Waals surface area contributed by atoms with E-state index in [2.05, 4.69) is 17.6 Å². The fourth-order valence-corrected chi connectivity index (χ4v) is 4.35. The van der Waals surface area contributed by atoms with E-state index in [9.17, 15) is 9.59 Å². The summed E-state index contributed by atoms with van der Waals surface area (Å²) < 4.78 is 0. The summed E-state index contributed by atoms with van der Waals surface area (Å²) in [6, 6.07) is 0. The Morgan fingerprint density at radius 1 is 1.45 bits per heavy atom. The van der Waals surface area contributed by atoms with Crippen LogP contribution in [0.1, 0.15) is 53.9 Å². The molecular weight excluding hydrogens is 318 g/mol. The molecule has 7 heteroatoms. The molecule has 1 atom stereocenters. The van der Waals surface area contributed by atoms with Gasteiger partial charge >= 0.3 is 0 Å². The monoisotopic (exact) mass is 339 g/mol. The second kappa shape index (κ2) is 7.19. The van der Waals surface area contributed by atoms with Gasteiger partial charge in [0, 0.05) is 11.3 Å². The fraction of sp³-hybridized carbons (Fsp3) is 0.533. The molecule has 0 radical (unpaired) electrons. The van der Waals surface area contributed by atoms with Crippen LogP contribution in [0.3, 0.4) is 0 Å². The highest BCUT2D eigenvalue weighted by Gasteiger charge is 2.26. The van der Waals surface area contributed by atoms with Gasteiger partial charge in [-0.3, -0.25) is 9.59 Å². The molecule has 1 heterocycles. The van der Waals surface area contributed by atoms with Crippen molar-refractivity contribution in [3.63, 3.8) is 0 Å². The normalized spacial score (nSPS) is 16.7. The molecule has 0 saturated heterocycles. The third kappa shape index (κ3) is 3.84. The average molecular weight is 339 g/mol. The summed E-state index contributed by atoms with van der Waals surface area (Å²) in [6.45, 7) is 4.13. The molecule has 4 N–H and O–H groups in total. The van der Waals surface area contributed by atoms with Gasteiger partial charge in [-0.25, -0.2) is 0 Å². The highest BCUT2D eigenvalue weighted by molar-refractivity contribution is 7.80. The molecule has 22 heavy (non-hydrogen) atoms. The highest BCUT2D eigenvalue weighted by atomic mass is 32.1. The number of anilines is 1. The Morgan fingerprint density at radius 3 is 2.82 bits per heavy atom. The predicted octanol–water partition coefficient (Wildman–Crippen LogP) is 2.58. The van der Waals surface area contributed by atoms with Crippen molar-refractivity contribution in [3.8, 4) is 0 Å². The molecule has 5 nitrogen and oxygen atoms in total. The molecule has 1 aliphatic rings. The van der Waals surface area contributed by atoms with Gasteiger partial charge < -0.3 is 16.4 Å². The van der Waals surface area contributed by atoms with Crippen molar-refractivity contribution in [3.05, 3.63) is 16.0 Å². The number of fused-ring (bicyclic) bond motifs is 1. The molecule has 0 aromatic carbocycles. The van der Waals surface area contributed by atoms with Gasteiger partial charge in [0.1, 0.15) is 5.00 Å². The van der Waals surface area contributed by atoms with E-state index in [-0.39, 0.29) is 11.0 Å². The van der Waals surface area contributed by atoms with Crippen LogP contribution in [-0.2, 0) is 17.6 Å². The number of hydrogen-bond donors (Lipinski definition) is 3. The first-order chi connectivity index (χ1) is 10.4. The Balaban J connectivity index is 2.18. The van der Waals surface area contributed by atoms with Crippen molar-refractivity contribution in [2.45, 2.75) is 46.0 Å². The number of primary amides is 1. The Hall–Kier alpha value is -1.47. The highest BCUT2D eigenvalue weighted by Crippen LogP contribution is 2.39. The lowest BCUT2D eigenvalue weighted by Gasteiger charge is -2.18. The molecule has 0 fully saturated rings. The van der Waals surface area contributed by atoms with Gasteiger partial charge in [0.05, 0.1) is 5.56 Å². The van der Waals surface area contributed by atoms with Gasteiger partial charge in [-0.2, -0.15) is 0 Å². The van der Waals surface area contributed by atoms with Crippen LogP contribution < -0.4 is 16.4 Å². The van der Waals surface area contributed by atoms with Crippen molar-refractivity contribution in [1.82, 2.24) is 5.32 Å². The second-order valence-electron chi connectivity index (χ2n) is 5.67. The van der Waals surface area contributed by atoms with Gasteiger partial charge in [0.2, 0.25) is 5.91 Å². The third-order valence-corrected chi connectivity index (χ3v) is 5.09. The zero-order chi connectivity index (χ0) is 16.3. The summed E-state index contributed by atoms with van der Waals surface area (Å²) in [6.07, 6.45) is 4.05. The lowest BCUT2D eigenvalue weighted by molar-refractivity contribution is -0.119. The summed E-state index contributed by atoms with van der Waals surface area (Å²) in [4.78, 5) is 24.6. The molecule has 1 aromatic rings. The minimum Gasteiger partial charge on any atom is -0.365 e. The van der Waals surface area contributed by atoms with E-state index in [0.717, 1.165) is 31.2 Å². The maximum atomic E-state index is 11.8.